The van der Waals surface area contributed by atoms with Crippen molar-refractivity contribution in [2.75, 3.05) is 6.54 Å². The van der Waals surface area contributed by atoms with Crippen molar-refractivity contribution in [2.24, 2.45) is 0 Å². The van der Waals surface area contributed by atoms with E-state index in [1.165, 1.54) is 24.0 Å². The van der Waals surface area contributed by atoms with Crippen molar-refractivity contribution in [1.29, 1.82) is 0 Å². The van der Waals surface area contributed by atoms with Crippen LogP contribution in [0.3, 0.4) is 0 Å². The van der Waals surface area contributed by atoms with Crippen molar-refractivity contribution < 1.29 is 0 Å². The van der Waals surface area contributed by atoms with Gasteiger partial charge in [-0.2, -0.15) is 0 Å². The van der Waals surface area contributed by atoms with Crippen LogP contribution >= 0.6 is 0 Å². The Kier molecular flexibility index (Phi) is 5.04. The van der Waals surface area contributed by atoms with E-state index in [1.54, 1.807) is 0 Å². The molecule has 0 radical (unpaired) electrons. The standard InChI is InChI=1S/C24H27N3/c1-16-7-11-19(12-8-16)23-24(20-13-9-17(2)10-14-20)27-22(18(3)26-23)21-6-4-5-15-25-21/h7-14,21,25H,4-6,15H2,1-3H3. The molecule has 0 bridgehead atoms. The van der Waals surface area contributed by atoms with Gasteiger partial charge < -0.3 is 5.32 Å². The number of hydrogen-bond acceptors (Lipinski definition) is 3. The molecule has 1 aliphatic heterocycles. The van der Waals surface area contributed by atoms with Gasteiger partial charge in [-0.3, -0.25) is 0 Å². The van der Waals surface area contributed by atoms with E-state index in [0.717, 1.165) is 46.9 Å². The lowest BCUT2D eigenvalue weighted by Crippen LogP contribution is -2.28. The number of piperidine rings is 1. The summed E-state index contributed by atoms with van der Waals surface area (Å²) in [5.74, 6) is 0. The molecule has 1 aliphatic rings. The Morgan fingerprint density at radius 1 is 0.741 bits per heavy atom. The SMILES string of the molecule is Cc1ccc(-c2nc(C)c(C3CCCCN3)nc2-c2ccc(C)cc2)cc1. The highest BCUT2D eigenvalue weighted by Crippen LogP contribution is 2.33. The Balaban J connectivity index is 1.87. The predicted octanol–water partition coefficient (Wildman–Crippen LogP) is 5.55. The van der Waals surface area contributed by atoms with E-state index in [0.29, 0.717) is 6.04 Å². The van der Waals surface area contributed by atoms with Crippen molar-refractivity contribution >= 4 is 0 Å². The van der Waals surface area contributed by atoms with Gasteiger partial charge in [-0.1, -0.05) is 66.1 Å². The second kappa shape index (κ2) is 7.61. The minimum Gasteiger partial charge on any atom is -0.309 e. The maximum absolute atomic E-state index is 5.17. The molecule has 0 saturated carbocycles. The summed E-state index contributed by atoms with van der Waals surface area (Å²) >= 11 is 0. The summed E-state index contributed by atoms with van der Waals surface area (Å²) in [6, 6.07) is 17.5. The molecule has 27 heavy (non-hydrogen) atoms. The van der Waals surface area contributed by atoms with E-state index in [-0.39, 0.29) is 0 Å². The predicted molar refractivity (Wildman–Crippen MR) is 112 cm³/mol. The minimum atomic E-state index is 0.308. The summed E-state index contributed by atoms with van der Waals surface area (Å²) in [5.41, 5.74) is 8.83. The molecule has 1 unspecified atom stereocenters. The summed E-state index contributed by atoms with van der Waals surface area (Å²) < 4.78 is 0. The van der Waals surface area contributed by atoms with E-state index in [4.69, 9.17) is 9.97 Å². The monoisotopic (exact) mass is 357 g/mol. The lowest BCUT2D eigenvalue weighted by molar-refractivity contribution is 0.403. The van der Waals surface area contributed by atoms with Crippen LogP contribution in [0, 0.1) is 20.8 Å². The van der Waals surface area contributed by atoms with Crippen molar-refractivity contribution in [3.05, 3.63) is 71.0 Å². The van der Waals surface area contributed by atoms with Crippen LogP contribution in [0.4, 0.5) is 0 Å². The number of aryl methyl sites for hydroxylation is 3. The van der Waals surface area contributed by atoms with Gasteiger partial charge in [0.05, 0.1) is 28.8 Å². The third-order valence-corrected chi connectivity index (χ3v) is 5.40. The average molecular weight is 358 g/mol. The highest BCUT2D eigenvalue weighted by Gasteiger charge is 2.22. The zero-order valence-electron chi connectivity index (χ0n) is 16.4. The maximum atomic E-state index is 5.17. The molecule has 2 aromatic carbocycles. The molecule has 1 fully saturated rings. The van der Waals surface area contributed by atoms with Crippen LogP contribution in [-0.2, 0) is 0 Å². The van der Waals surface area contributed by atoms with E-state index in [2.05, 4.69) is 74.6 Å². The van der Waals surface area contributed by atoms with Gasteiger partial charge in [0, 0.05) is 11.1 Å². The van der Waals surface area contributed by atoms with Crippen LogP contribution in [0.1, 0.15) is 47.8 Å². The van der Waals surface area contributed by atoms with Crippen LogP contribution < -0.4 is 5.32 Å². The van der Waals surface area contributed by atoms with Crippen LogP contribution in [0.2, 0.25) is 0 Å². The first-order chi connectivity index (χ1) is 13.1. The molecular weight excluding hydrogens is 330 g/mol. The van der Waals surface area contributed by atoms with Crippen LogP contribution in [0.25, 0.3) is 22.5 Å². The number of nitrogens with one attached hydrogen (secondary N) is 1. The van der Waals surface area contributed by atoms with E-state index >= 15 is 0 Å². The molecule has 138 valence electrons. The van der Waals surface area contributed by atoms with Gasteiger partial charge in [0.15, 0.2) is 0 Å². The van der Waals surface area contributed by atoms with E-state index in [9.17, 15) is 0 Å². The highest BCUT2D eigenvalue weighted by molar-refractivity contribution is 5.78. The third-order valence-electron chi connectivity index (χ3n) is 5.40. The lowest BCUT2D eigenvalue weighted by atomic mass is 9.98. The number of hydrogen-bond donors (Lipinski definition) is 1. The molecule has 0 amide bonds. The van der Waals surface area contributed by atoms with Crippen molar-refractivity contribution in [3.8, 4) is 22.5 Å². The molecule has 2 heterocycles. The fourth-order valence-electron chi connectivity index (χ4n) is 3.77. The number of benzene rings is 2. The normalized spacial score (nSPS) is 17.1. The van der Waals surface area contributed by atoms with E-state index < -0.39 is 0 Å². The molecule has 4 rings (SSSR count). The molecular formula is C24H27N3. The fourth-order valence-corrected chi connectivity index (χ4v) is 3.77. The van der Waals surface area contributed by atoms with Gasteiger partial charge in [-0.05, 0) is 40.2 Å². The molecule has 3 aromatic rings. The Labute approximate surface area is 161 Å². The number of rotatable bonds is 3. The molecule has 1 N–H and O–H groups in total. The first kappa shape index (κ1) is 17.9. The smallest absolute Gasteiger partial charge is 0.0969 e. The van der Waals surface area contributed by atoms with Gasteiger partial charge in [0.2, 0.25) is 0 Å². The van der Waals surface area contributed by atoms with Gasteiger partial charge >= 0.3 is 0 Å². The van der Waals surface area contributed by atoms with Gasteiger partial charge in [-0.15, -0.1) is 0 Å². The van der Waals surface area contributed by atoms with Crippen molar-refractivity contribution in [3.63, 3.8) is 0 Å². The third kappa shape index (κ3) is 3.79. The summed E-state index contributed by atoms with van der Waals surface area (Å²) in [6.45, 7) is 7.38. The summed E-state index contributed by atoms with van der Waals surface area (Å²) in [4.78, 5) is 10.2. The maximum Gasteiger partial charge on any atom is 0.0969 e. The first-order valence-corrected chi connectivity index (χ1v) is 9.88. The van der Waals surface area contributed by atoms with Crippen molar-refractivity contribution in [1.82, 2.24) is 15.3 Å². The Morgan fingerprint density at radius 2 is 1.30 bits per heavy atom. The quantitative estimate of drug-likeness (QED) is 0.668. The lowest BCUT2D eigenvalue weighted by Gasteiger charge is -2.25. The zero-order chi connectivity index (χ0) is 18.8. The molecule has 0 spiro atoms. The van der Waals surface area contributed by atoms with Gasteiger partial charge in [0.1, 0.15) is 0 Å². The van der Waals surface area contributed by atoms with Crippen LogP contribution in [0.5, 0.6) is 0 Å². The largest absolute Gasteiger partial charge is 0.309 e. The second-order valence-corrected chi connectivity index (χ2v) is 7.63. The van der Waals surface area contributed by atoms with Crippen molar-refractivity contribution in [2.45, 2.75) is 46.1 Å². The molecule has 0 aliphatic carbocycles. The summed E-state index contributed by atoms with van der Waals surface area (Å²) in [7, 11) is 0. The number of nitrogens with zero attached hydrogens (tertiary/aromatic N) is 2. The Bertz CT molecular complexity index is 921. The minimum absolute atomic E-state index is 0.308. The van der Waals surface area contributed by atoms with E-state index in [1.807, 2.05) is 0 Å². The first-order valence-electron chi connectivity index (χ1n) is 9.88. The Morgan fingerprint density at radius 3 is 1.81 bits per heavy atom. The Hall–Kier alpha value is -2.52. The topological polar surface area (TPSA) is 37.8 Å². The zero-order valence-corrected chi connectivity index (χ0v) is 16.4. The molecule has 1 atom stereocenters. The van der Waals surface area contributed by atoms with Gasteiger partial charge in [-0.25, -0.2) is 9.97 Å². The second-order valence-electron chi connectivity index (χ2n) is 7.63. The van der Waals surface area contributed by atoms with Crippen LogP contribution in [-0.4, -0.2) is 16.5 Å². The highest BCUT2D eigenvalue weighted by atomic mass is 15.0. The van der Waals surface area contributed by atoms with Gasteiger partial charge in [0.25, 0.3) is 0 Å². The fraction of sp³-hybridized carbons (Fsp3) is 0.333. The summed E-state index contributed by atoms with van der Waals surface area (Å²) in [5, 5.41) is 3.63. The molecule has 1 saturated heterocycles. The summed E-state index contributed by atoms with van der Waals surface area (Å²) in [6.07, 6.45) is 3.63. The molecule has 1 aromatic heterocycles. The van der Waals surface area contributed by atoms with Crippen LogP contribution in [0.15, 0.2) is 48.5 Å². The average Bonchev–Trinajstić information content (AvgIpc) is 2.70. The molecule has 3 nitrogen and oxygen atoms in total. The number of aromatic nitrogens is 2. The molecule has 3 heteroatoms.